The van der Waals surface area contributed by atoms with Crippen LogP contribution in [-0.4, -0.2) is 59.7 Å². The Balaban J connectivity index is 1.31. The topological polar surface area (TPSA) is 48.7 Å². The molecular weight excluding hydrogens is 322 g/mol. The molecule has 1 aromatic rings. The van der Waals surface area contributed by atoms with Crippen LogP contribution in [0.2, 0.25) is 0 Å². The number of piperazine rings is 2. The van der Waals surface area contributed by atoms with E-state index >= 15 is 0 Å². The number of furan rings is 1. The summed E-state index contributed by atoms with van der Waals surface area (Å²) < 4.78 is 6.06. The van der Waals surface area contributed by atoms with Crippen molar-refractivity contribution in [3.63, 3.8) is 0 Å². The number of fused-ring (bicyclic) bond motifs is 1. The van der Waals surface area contributed by atoms with Crippen LogP contribution in [0.15, 0.2) is 21.6 Å². The lowest BCUT2D eigenvalue weighted by Crippen LogP contribution is -2.63. The molecule has 6 heteroatoms. The number of amides is 1. The van der Waals surface area contributed by atoms with Crippen LogP contribution in [0.5, 0.6) is 0 Å². The van der Waals surface area contributed by atoms with E-state index in [0.717, 1.165) is 55.4 Å². The fourth-order valence-electron chi connectivity index (χ4n) is 4.05. The molecule has 1 unspecified atom stereocenters. The van der Waals surface area contributed by atoms with E-state index < -0.39 is 0 Å². The molecule has 0 bridgehead atoms. The van der Waals surface area contributed by atoms with Crippen LogP contribution in [0.1, 0.15) is 37.9 Å². The number of hydrogen-bond donors (Lipinski definition) is 1. The summed E-state index contributed by atoms with van der Waals surface area (Å²) in [7, 11) is 0. The fourth-order valence-corrected chi connectivity index (χ4v) is 5.25. The minimum absolute atomic E-state index is 0.0125. The molecular formula is C18H27N3O2S. The largest absolute Gasteiger partial charge is 0.454 e. The maximum Gasteiger partial charge on any atom is 0.238 e. The Morgan fingerprint density at radius 3 is 2.92 bits per heavy atom. The molecule has 24 heavy (non-hydrogen) atoms. The van der Waals surface area contributed by atoms with E-state index in [1.54, 1.807) is 0 Å². The number of hydrogen-bond acceptors (Lipinski definition) is 5. The van der Waals surface area contributed by atoms with Gasteiger partial charge in [-0.25, -0.2) is 0 Å². The average molecular weight is 350 g/mol. The second-order valence-corrected chi connectivity index (χ2v) is 8.48. The first-order valence-electron chi connectivity index (χ1n) is 9.27. The Labute approximate surface area is 148 Å². The van der Waals surface area contributed by atoms with Crippen molar-refractivity contribution in [2.24, 2.45) is 0 Å². The van der Waals surface area contributed by atoms with E-state index in [-0.39, 0.29) is 11.9 Å². The maximum atomic E-state index is 12.0. The molecule has 0 aromatic carbocycles. The van der Waals surface area contributed by atoms with Gasteiger partial charge in [0.05, 0.1) is 6.54 Å². The monoisotopic (exact) mass is 349 g/mol. The first-order valence-corrected chi connectivity index (χ1v) is 10.2. The summed E-state index contributed by atoms with van der Waals surface area (Å²) in [4.78, 5) is 16.7. The number of nitrogens with one attached hydrogen (secondary N) is 1. The van der Waals surface area contributed by atoms with Crippen LogP contribution < -0.4 is 5.32 Å². The summed E-state index contributed by atoms with van der Waals surface area (Å²) in [5.74, 6) is 1.21. The Bertz CT molecular complexity index is 570. The van der Waals surface area contributed by atoms with Crippen LogP contribution in [0.25, 0.3) is 0 Å². The molecule has 1 saturated carbocycles. The van der Waals surface area contributed by atoms with Crippen molar-refractivity contribution in [1.82, 2.24) is 15.1 Å². The van der Waals surface area contributed by atoms with Gasteiger partial charge in [-0.1, -0.05) is 31.0 Å². The van der Waals surface area contributed by atoms with E-state index in [1.807, 2.05) is 11.8 Å². The van der Waals surface area contributed by atoms with Crippen molar-refractivity contribution in [1.29, 1.82) is 0 Å². The average Bonchev–Trinajstić information content (AvgIpc) is 3.03. The van der Waals surface area contributed by atoms with Gasteiger partial charge in [-0.2, -0.15) is 0 Å². The molecule has 3 heterocycles. The van der Waals surface area contributed by atoms with Crippen LogP contribution in [0.3, 0.4) is 0 Å². The summed E-state index contributed by atoms with van der Waals surface area (Å²) in [6, 6.07) is 4.25. The normalized spacial score (nSPS) is 27.0. The Hall–Kier alpha value is -0.980. The van der Waals surface area contributed by atoms with Crippen LogP contribution in [-0.2, 0) is 11.3 Å². The highest BCUT2D eigenvalue weighted by Gasteiger charge is 2.34. The van der Waals surface area contributed by atoms with Gasteiger partial charge >= 0.3 is 0 Å². The third-order valence-corrected chi connectivity index (χ3v) is 6.68. The molecule has 5 nitrogen and oxygen atoms in total. The zero-order valence-electron chi connectivity index (χ0n) is 14.2. The van der Waals surface area contributed by atoms with Crippen molar-refractivity contribution in [2.45, 2.75) is 55.0 Å². The first kappa shape index (κ1) is 16.5. The third-order valence-electron chi connectivity index (χ3n) is 5.43. The lowest BCUT2D eigenvalue weighted by atomic mass is 10.0. The highest BCUT2D eigenvalue weighted by atomic mass is 32.2. The Morgan fingerprint density at radius 1 is 1.17 bits per heavy atom. The van der Waals surface area contributed by atoms with Gasteiger partial charge in [0.1, 0.15) is 11.8 Å². The summed E-state index contributed by atoms with van der Waals surface area (Å²) >= 11 is 1.91. The summed E-state index contributed by atoms with van der Waals surface area (Å²) in [5.41, 5.74) is 0. The molecule has 2 saturated heterocycles. The maximum absolute atomic E-state index is 12.0. The number of thioether (sulfide) groups is 1. The second kappa shape index (κ2) is 7.50. The van der Waals surface area contributed by atoms with Crippen molar-refractivity contribution < 1.29 is 9.21 Å². The van der Waals surface area contributed by atoms with Crippen molar-refractivity contribution >= 4 is 17.7 Å². The molecule has 3 fully saturated rings. The van der Waals surface area contributed by atoms with E-state index in [9.17, 15) is 4.79 Å². The molecule has 0 spiro atoms. The van der Waals surface area contributed by atoms with Crippen LogP contribution >= 0.6 is 11.8 Å². The van der Waals surface area contributed by atoms with Crippen molar-refractivity contribution in [3.8, 4) is 0 Å². The number of nitrogens with zero attached hydrogens (tertiary/aromatic N) is 2. The van der Waals surface area contributed by atoms with Gasteiger partial charge < -0.3 is 9.73 Å². The van der Waals surface area contributed by atoms with Gasteiger partial charge in [-0.05, 0) is 25.0 Å². The number of carbonyl (C=O) groups excluding carboxylic acids is 1. The highest BCUT2D eigenvalue weighted by Crippen LogP contribution is 2.34. The predicted octanol–water partition coefficient (Wildman–Crippen LogP) is 2.32. The van der Waals surface area contributed by atoms with Crippen molar-refractivity contribution in [3.05, 3.63) is 17.9 Å². The van der Waals surface area contributed by atoms with E-state index in [0.29, 0.717) is 0 Å². The molecule has 1 atom stereocenters. The van der Waals surface area contributed by atoms with Gasteiger partial charge in [-0.15, -0.1) is 0 Å². The molecule has 1 aliphatic carbocycles. The molecule has 1 amide bonds. The van der Waals surface area contributed by atoms with Gasteiger partial charge in [-0.3, -0.25) is 14.6 Å². The zero-order chi connectivity index (χ0) is 16.4. The fraction of sp³-hybridized carbons (Fsp3) is 0.722. The van der Waals surface area contributed by atoms with Gasteiger partial charge in [0.15, 0.2) is 5.09 Å². The minimum atomic E-state index is 0.0125. The summed E-state index contributed by atoms with van der Waals surface area (Å²) in [5, 5.41) is 4.77. The van der Waals surface area contributed by atoms with Crippen LogP contribution in [0.4, 0.5) is 0 Å². The molecule has 0 radical (unpaired) electrons. The number of carbonyl (C=O) groups is 1. The lowest BCUT2D eigenvalue weighted by Gasteiger charge is -2.42. The molecule has 4 rings (SSSR count). The zero-order valence-corrected chi connectivity index (χ0v) is 15.0. The summed E-state index contributed by atoms with van der Waals surface area (Å²) in [6.07, 6.45) is 6.75. The van der Waals surface area contributed by atoms with Gasteiger partial charge in [0, 0.05) is 38.0 Å². The second-order valence-electron chi connectivity index (χ2n) is 7.18. The van der Waals surface area contributed by atoms with E-state index in [2.05, 4.69) is 27.2 Å². The molecule has 132 valence electrons. The van der Waals surface area contributed by atoms with Crippen LogP contribution in [0, 0.1) is 0 Å². The molecule has 1 aromatic heterocycles. The SMILES string of the molecule is O=C1NCCN2CCN(Cc3ccc(SC4CCCCC4)o3)CC12. The smallest absolute Gasteiger partial charge is 0.238 e. The van der Waals surface area contributed by atoms with Gasteiger partial charge in [0.2, 0.25) is 5.91 Å². The molecule has 3 aliphatic rings. The van der Waals surface area contributed by atoms with Gasteiger partial charge in [0.25, 0.3) is 0 Å². The molecule has 1 N–H and O–H groups in total. The van der Waals surface area contributed by atoms with Crippen molar-refractivity contribution in [2.75, 3.05) is 32.7 Å². The molecule has 2 aliphatic heterocycles. The first-order chi connectivity index (χ1) is 11.8. The predicted molar refractivity (Wildman–Crippen MR) is 95.1 cm³/mol. The summed E-state index contributed by atoms with van der Waals surface area (Å²) in [6.45, 7) is 5.36. The van der Waals surface area contributed by atoms with E-state index in [4.69, 9.17) is 4.42 Å². The Kier molecular flexibility index (Phi) is 5.15. The quantitative estimate of drug-likeness (QED) is 0.904. The number of rotatable bonds is 4. The third kappa shape index (κ3) is 3.81. The lowest BCUT2D eigenvalue weighted by molar-refractivity contribution is -0.132. The Morgan fingerprint density at radius 2 is 2.04 bits per heavy atom. The highest BCUT2D eigenvalue weighted by molar-refractivity contribution is 7.99. The minimum Gasteiger partial charge on any atom is -0.454 e. The van der Waals surface area contributed by atoms with E-state index in [1.165, 1.54) is 32.1 Å². The standard InChI is InChI=1S/C18H27N3O2S/c22-18-16-13-20(10-11-21(16)9-8-19-18)12-14-6-7-17(23-14)24-15-4-2-1-3-5-15/h6-7,15-16H,1-5,8-13H2,(H,19,22).